The summed E-state index contributed by atoms with van der Waals surface area (Å²) in [7, 11) is 1.31. The Morgan fingerprint density at radius 1 is 1.33 bits per heavy atom. The number of nitrogens with one attached hydrogen (secondary N) is 1. The van der Waals surface area contributed by atoms with Gasteiger partial charge >= 0.3 is 5.97 Å². The Morgan fingerprint density at radius 3 is 2.62 bits per heavy atom. The van der Waals surface area contributed by atoms with Crippen molar-refractivity contribution in [1.82, 2.24) is 5.32 Å². The molecule has 130 valence electrons. The molecule has 1 aliphatic rings. The predicted molar refractivity (Wildman–Crippen MR) is 87.7 cm³/mol. The number of hydrogen-bond donors (Lipinski definition) is 1. The molecule has 1 aromatic rings. The summed E-state index contributed by atoms with van der Waals surface area (Å²) in [5.41, 5.74) is 0.672. The van der Waals surface area contributed by atoms with Crippen LogP contribution in [0.2, 0.25) is 0 Å². The standard InChI is InChI=1S/C16H21N3O5/c1-24-15(20)6-9-17-16(21)12-7-10-18(11-8-12)13-4-2-3-5-14(13)19(22)23/h2-5,12H,6-11H2,1H3,(H,17,21). The highest BCUT2D eigenvalue weighted by Crippen LogP contribution is 2.31. The number of methoxy groups -OCH3 is 1. The lowest BCUT2D eigenvalue weighted by Crippen LogP contribution is -2.41. The van der Waals surface area contributed by atoms with Crippen molar-refractivity contribution in [3.05, 3.63) is 34.4 Å². The summed E-state index contributed by atoms with van der Waals surface area (Å²) in [6.45, 7) is 1.43. The maximum atomic E-state index is 12.1. The van der Waals surface area contributed by atoms with Crippen LogP contribution in [0, 0.1) is 16.0 Å². The van der Waals surface area contributed by atoms with Gasteiger partial charge in [-0.25, -0.2) is 0 Å². The molecule has 1 heterocycles. The summed E-state index contributed by atoms with van der Waals surface area (Å²) >= 11 is 0. The van der Waals surface area contributed by atoms with Gasteiger partial charge in [0.1, 0.15) is 5.69 Å². The second kappa shape index (κ2) is 8.28. The van der Waals surface area contributed by atoms with Crippen molar-refractivity contribution >= 4 is 23.3 Å². The molecule has 1 aliphatic heterocycles. The van der Waals surface area contributed by atoms with Crippen LogP contribution in [0.3, 0.4) is 0 Å². The summed E-state index contributed by atoms with van der Waals surface area (Å²) in [5, 5.41) is 13.8. The zero-order valence-corrected chi connectivity index (χ0v) is 13.6. The van der Waals surface area contributed by atoms with Gasteiger partial charge in [0.2, 0.25) is 5.91 Å². The van der Waals surface area contributed by atoms with E-state index < -0.39 is 0 Å². The molecule has 8 nitrogen and oxygen atoms in total. The molecule has 8 heteroatoms. The first-order valence-electron chi connectivity index (χ1n) is 7.86. The fraction of sp³-hybridized carbons (Fsp3) is 0.500. The SMILES string of the molecule is COC(=O)CCNC(=O)C1CCN(c2ccccc2[N+](=O)[O-])CC1. The number of carbonyl (C=O) groups excluding carboxylic acids is 2. The van der Waals surface area contributed by atoms with E-state index in [1.807, 2.05) is 4.90 Å². The largest absolute Gasteiger partial charge is 0.469 e. The minimum Gasteiger partial charge on any atom is -0.469 e. The highest BCUT2D eigenvalue weighted by atomic mass is 16.6. The third kappa shape index (κ3) is 4.43. The quantitative estimate of drug-likeness (QED) is 0.480. The molecule has 0 bridgehead atoms. The van der Waals surface area contributed by atoms with Gasteiger partial charge in [0.05, 0.1) is 18.5 Å². The molecule has 1 aromatic carbocycles. The topological polar surface area (TPSA) is 102 Å². The Balaban J connectivity index is 1.86. The molecule has 1 saturated heterocycles. The van der Waals surface area contributed by atoms with Gasteiger partial charge in [-0.05, 0) is 18.9 Å². The van der Waals surface area contributed by atoms with Gasteiger partial charge in [-0.3, -0.25) is 19.7 Å². The molecule has 1 fully saturated rings. The van der Waals surface area contributed by atoms with Crippen molar-refractivity contribution in [2.24, 2.45) is 5.92 Å². The predicted octanol–water partition coefficient (Wildman–Crippen LogP) is 1.49. The molecule has 0 unspecified atom stereocenters. The van der Waals surface area contributed by atoms with Gasteiger partial charge in [0.15, 0.2) is 0 Å². The van der Waals surface area contributed by atoms with E-state index in [1.54, 1.807) is 18.2 Å². The highest BCUT2D eigenvalue weighted by molar-refractivity contribution is 5.80. The van der Waals surface area contributed by atoms with E-state index >= 15 is 0 Å². The first-order chi connectivity index (χ1) is 11.5. The Kier molecular flexibility index (Phi) is 6.11. The lowest BCUT2D eigenvalue weighted by Gasteiger charge is -2.32. The highest BCUT2D eigenvalue weighted by Gasteiger charge is 2.27. The number of rotatable bonds is 6. The third-order valence-corrected chi connectivity index (χ3v) is 4.14. The van der Waals surface area contributed by atoms with Crippen LogP contribution >= 0.6 is 0 Å². The van der Waals surface area contributed by atoms with Crippen LogP contribution in [0.25, 0.3) is 0 Å². The van der Waals surface area contributed by atoms with Gasteiger partial charge < -0.3 is 15.0 Å². The zero-order valence-electron chi connectivity index (χ0n) is 13.6. The fourth-order valence-corrected chi connectivity index (χ4v) is 2.80. The number of amides is 1. The number of piperidine rings is 1. The van der Waals surface area contributed by atoms with Gasteiger partial charge in [-0.2, -0.15) is 0 Å². The van der Waals surface area contributed by atoms with Crippen LogP contribution in [0.4, 0.5) is 11.4 Å². The van der Waals surface area contributed by atoms with Crippen LogP contribution in [0.15, 0.2) is 24.3 Å². The Labute approximate surface area is 139 Å². The molecule has 24 heavy (non-hydrogen) atoms. The van der Waals surface area contributed by atoms with E-state index in [4.69, 9.17) is 0 Å². The number of carbonyl (C=O) groups is 2. The van der Waals surface area contributed by atoms with E-state index in [0.717, 1.165) is 0 Å². The number of hydrogen-bond acceptors (Lipinski definition) is 6. The van der Waals surface area contributed by atoms with Gasteiger partial charge in [0, 0.05) is 31.6 Å². The summed E-state index contributed by atoms with van der Waals surface area (Å²) < 4.78 is 4.52. The second-order valence-corrected chi connectivity index (χ2v) is 5.62. The lowest BCUT2D eigenvalue weighted by atomic mass is 9.95. The van der Waals surface area contributed by atoms with Crippen molar-refractivity contribution in [2.45, 2.75) is 19.3 Å². The maximum absolute atomic E-state index is 12.1. The average Bonchev–Trinajstić information content (AvgIpc) is 2.61. The number of nitro groups is 1. The summed E-state index contributed by atoms with van der Waals surface area (Å²) in [4.78, 5) is 35.8. The van der Waals surface area contributed by atoms with E-state index in [-0.39, 0.29) is 41.4 Å². The van der Waals surface area contributed by atoms with E-state index in [1.165, 1.54) is 13.2 Å². The molecular weight excluding hydrogens is 314 g/mol. The maximum Gasteiger partial charge on any atom is 0.307 e. The fourth-order valence-electron chi connectivity index (χ4n) is 2.80. The van der Waals surface area contributed by atoms with Crippen LogP contribution in [0.1, 0.15) is 19.3 Å². The first kappa shape index (κ1) is 17.7. The number of nitrogens with zero attached hydrogens (tertiary/aromatic N) is 2. The number of anilines is 1. The molecule has 0 aliphatic carbocycles. The van der Waals surface area contributed by atoms with Gasteiger partial charge in [-0.1, -0.05) is 12.1 Å². The van der Waals surface area contributed by atoms with Crippen molar-refractivity contribution in [1.29, 1.82) is 0 Å². The summed E-state index contributed by atoms with van der Waals surface area (Å²) in [5.74, 6) is -0.579. The molecule has 1 amide bonds. The normalized spacial score (nSPS) is 15.0. The molecule has 2 rings (SSSR count). The monoisotopic (exact) mass is 335 g/mol. The number of para-hydroxylation sites is 2. The Hall–Kier alpha value is -2.64. The molecule has 0 saturated carbocycles. The minimum absolute atomic E-state index is 0.0819. The molecule has 0 atom stereocenters. The molecule has 0 aromatic heterocycles. The molecular formula is C16H21N3O5. The van der Waals surface area contributed by atoms with Crippen LogP contribution in [-0.4, -0.2) is 43.5 Å². The number of benzene rings is 1. The van der Waals surface area contributed by atoms with Gasteiger partial charge in [-0.15, -0.1) is 0 Å². The second-order valence-electron chi connectivity index (χ2n) is 5.62. The van der Waals surface area contributed by atoms with Crippen molar-refractivity contribution in [3.8, 4) is 0 Å². The summed E-state index contributed by atoms with van der Waals surface area (Å²) in [6.07, 6.45) is 1.39. The Morgan fingerprint density at radius 2 is 2.00 bits per heavy atom. The third-order valence-electron chi connectivity index (χ3n) is 4.14. The van der Waals surface area contributed by atoms with Crippen LogP contribution < -0.4 is 10.2 Å². The van der Waals surface area contributed by atoms with Gasteiger partial charge in [0.25, 0.3) is 5.69 Å². The number of ether oxygens (including phenoxy) is 1. The first-order valence-corrected chi connectivity index (χ1v) is 7.86. The van der Waals surface area contributed by atoms with Crippen LogP contribution in [0.5, 0.6) is 0 Å². The van der Waals surface area contributed by atoms with Crippen molar-refractivity contribution < 1.29 is 19.2 Å². The Bertz CT molecular complexity index is 611. The molecule has 1 N–H and O–H groups in total. The number of nitro benzene ring substituents is 1. The van der Waals surface area contributed by atoms with E-state index in [2.05, 4.69) is 10.1 Å². The van der Waals surface area contributed by atoms with E-state index in [9.17, 15) is 19.7 Å². The smallest absolute Gasteiger partial charge is 0.307 e. The average molecular weight is 335 g/mol. The van der Waals surface area contributed by atoms with E-state index in [0.29, 0.717) is 31.6 Å². The molecule has 0 spiro atoms. The number of esters is 1. The molecule has 0 radical (unpaired) electrons. The lowest BCUT2D eigenvalue weighted by molar-refractivity contribution is -0.384. The van der Waals surface area contributed by atoms with Crippen molar-refractivity contribution in [2.75, 3.05) is 31.6 Å². The summed E-state index contributed by atoms with van der Waals surface area (Å²) in [6, 6.07) is 6.63. The zero-order chi connectivity index (χ0) is 17.5. The van der Waals surface area contributed by atoms with Crippen LogP contribution in [-0.2, 0) is 14.3 Å². The minimum atomic E-state index is -0.388. The van der Waals surface area contributed by atoms with Crippen molar-refractivity contribution in [3.63, 3.8) is 0 Å².